The van der Waals surface area contributed by atoms with Crippen molar-refractivity contribution in [1.29, 1.82) is 5.26 Å². The van der Waals surface area contributed by atoms with E-state index in [1.54, 1.807) is 0 Å². The van der Waals surface area contributed by atoms with Gasteiger partial charge >= 0.3 is 0 Å². The molecule has 1 heterocycles. The molecule has 92 valence electrons. The lowest BCUT2D eigenvalue weighted by Gasteiger charge is -2.28. The summed E-state index contributed by atoms with van der Waals surface area (Å²) in [6.45, 7) is 5.97. The van der Waals surface area contributed by atoms with Gasteiger partial charge in [-0.1, -0.05) is 6.92 Å². The third kappa shape index (κ3) is 4.32. The number of rotatable bonds is 5. The zero-order chi connectivity index (χ0) is 12.0. The molecule has 0 saturated carbocycles. The molecule has 1 aliphatic rings. The van der Waals surface area contributed by atoms with Gasteiger partial charge in [0.15, 0.2) is 0 Å². The van der Waals surface area contributed by atoms with E-state index in [1.165, 1.54) is 0 Å². The van der Waals surface area contributed by atoms with Gasteiger partial charge in [0.1, 0.15) is 5.54 Å². The maximum atomic E-state index is 9.10. The van der Waals surface area contributed by atoms with Crippen molar-refractivity contribution >= 4 is 11.8 Å². The first kappa shape index (κ1) is 13.8. The Kier molecular flexibility index (Phi) is 5.60. The molecule has 16 heavy (non-hydrogen) atoms. The number of thioether (sulfide) groups is 1. The molecule has 3 nitrogen and oxygen atoms in total. The number of nitrogens with one attached hydrogen (secondary N) is 1. The lowest BCUT2D eigenvalue weighted by atomic mass is 9.98. The summed E-state index contributed by atoms with van der Waals surface area (Å²) in [5.74, 6) is 0. The highest BCUT2D eigenvalue weighted by Crippen LogP contribution is 2.30. The number of hydrogen-bond donors (Lipinski definition) is 1. The summed E-state index contributed by atoms with van der Waals surface area (Å²) >= 11 is 2.01. The Morgan fingerprint density at radius 1 is 1.56 bits per heavy atom. The molecule has 0 aromatic rings. The predicted molar refractivity (Wildman–Crippen MR) is 68.6 cm³/mol. The molecule has 1 N–H and O–H groups in total. The number of ether oxygens (including phenoxy) is 1. The van der Waals surface area contributed by atoms with Crippen LogP contribution >= 0.6 is 11.8 Å². The Bertz CT molecular complexity index is 248. The van der Waals surface area contributed by atoms with E-state index in [0.717, 1.165) is 32.5 Å². The fourth-order valence-corrected chi connectivity index (χ4v) is 3.52. The van der Waals surface area contributed by atoms with Crippen LogP contribution in [-0.4, -0.2) is 36.3 Å². The molecule has 0 radical (unpaired) electrons. The van der Waals surface area contributed by atoms with Gasteiger partial charge in [-0.15, -0.1) is 0 Å². The van der Waals surface area contributed by atoms with Crippen LogP contribution in [0.1, 0.15) is 33.1 Å². The molecule has 0 amide bonds. The molecule has 0 spiro atoms. The molecular formula is C12H22N2OS. The quantitative estimate of drug-likeness (QED) is 0.802. The van der Waals surface area contributed by atoms with Gasteiger partial charge in [0.25, 0.3) is 0 Å². The van der Waals surface area contributed by atoms with Crippen LogP contribution in [-0.2, 0) is 4.74 Å². The smallest absolute Gasteiger partial charge is 0.104 e. The van der Waals surface area contributed by atoms with E-state index in [1.807, 2.05) is 25.7 Å². The molecule has 1 saturated heterocycles. The number of nitriles is 1. The molecule has 1 rings (SSSR count). The summed E-state index contributed by atoms with van der Waals surface area (Å²) in [5.41, 5.74) is -0.391. The monoisotopic (exact) mass is 242 g/mol. The van der Waals surface area contributed by atoms with E-state index >= 15 is 0 Å². The van der Waals surface area contributed by atoms with E-state index < -0.39 is 5.54 Å². The summed E-state index contributed by atoms with van der Waals surface area (Å²) in [4.78, 5) is 0. The van der Waals surface area contributed by atoms with Gasteiger partial charge in [-0.2, -0.15) is 17.0 Å². The zero-order valence-corrected chi connectivity index (χ0v) is 11.3. The minimum atomic E-state index is -0.391. The Hall–Kier alpha value is -0.240. The van der Waals surface area contributed by atoms with Gasteiger partial charge in [0.2, 0.25) is 0 Å². The summed E-state index contributed by atoms with van der Waals surface area (Å²) in [6.07, 6.45) is 3.19. The van der Waals surface area contributed by atoms with E-state index in [-0.39, 0.29) is 0 Å². The van der Waals surface area contributed by atoms with E-state index in [2.05, 4.69) is 18.3 Å². The molecule has 2 unspecified atom stereocenters. The van der Waals surface area contributed by atoms with Crippen molar-refractivity contribution in [3.8, 4) is 6.07 Å². The van der Waals surface area contributed by atoms with Crippen LogP contribution in [0.3, 0.4) is 0 Å². The average Bonchev–Trinajstić information content (AvgIpc) is 2.30. The zero-order valence-electron chi connectivity index (χ0n) is 10.5. The third-order valence-electron chi connectivity index (χ3n) is 3.09. The lowest BCUT2D eigenvalue weighted by Crippen LogP contribution is -2.40. The molecular weight excluding hydrogens is 220 g/mol. The van der Waals surface area contributed by atoms with Crippen LogP contribution < -0.4 is 5.32 Å². The SMILES string of the molecule is CNC(C)(C#N)CC(C)SC1CCOCC1. The molecule has 0 bridgehead atoms. The predicted octanol–water partition coefficient (Wildman–Crippen LogP) is 2.18. The Morgan fingerprint density at radius 2 is 2.19 bits per heavy atom. The second kappa shape index (κ2) is 6.48. The first-order valence-electron chi connectivity index (χ1n) is 5.93. The second-order valence-electron chi connectivity index (χ2n) is 4.66. The molecule has 1 aliphatic heterocycles. The first-order valence-corrected chi connectivity index (χ1v) is 6.87. The molecule has 0 aromatic heterocycles. The normalized spacial score (nSPS) is 23.4. The topological polar surface area (TPSA) is 45.0 Å². The van der Waals surface area contributed by atoms with E-state index in [0.29, 0.717) is 10.5 Å². The Labute approximate surface area is 103 Å². The summed E-state index contributed by atoms with van der Waals surface area (Å²) in [6, 6.07) is 2.35. The Balaban J connectivity index is 2.34. The molecule has 4 heteroatoms. The number of hydrogen-bond acceptors (Lipinski definition) is 4. The fraction of sp³-hybridized carbons (Fsp3) is 0.917. The standard InChI is InChI=1S/C12H22N2OS/c1-10(8-12(2,9-13)14-3)16-11-4-6-15-7-5-11/h10-11,14H,4-8H2,1-3H3. The summed E-state index contributed by atoms with van der Waals surface area (Å²) in [7, 11) is 1.86. The van der Waals surface area contributed by atoms with Crippen molar-refractivity contribution < 1.29 is 4.74 Å². The van der Waals surface area contributed by atoms with Crippen LogP contribution in [0.5, 0.6) is 0 Å². The fourth-order valence-electron chi connectivity index (χ4n) is 1.97. The van der Waals surface area contributed by atoms with Crippen LogP contribution in [0.4, 0.5) is 0 Å². The van der Waals surface area contributed by atoms with Crippen molar-refractivity contribution in [1.82, 2.24) is 5.32 Å². The van der Waals surface area contributed by atoms with Crippen LogP contribution in [0.2, 0.25) is 0 Å². The van der Waals surface area contributed by atoms with Gasteiger partial charge in [-0.25, -0.2) is 0 Å². The largest absolute Gasteiger partial charge is 0.381 e. The third-order valence-corrected chi connectivity index (χ3v) is 4.57. The highest BCUT2D eigenvalue weighted by molar-refractivity contribution is 8.00. The van der Waals surface area contributed by atoms with E-state index in [4.69, 9.17) is 10.00 Å². The second-order valence-corrected chi connectivity index (χ2v) is 6.40. The van der Waals surface area contributed by atoms with Gasteiger partial charge in [-0.3, -0.25) is 0 Å². The molecule has 0 aliphatic carbocycles. The molecule has 2 atom stereocenters. The minimum Gasteiger partial charge on any atom is -0.381 e. The number of nitrogens with zero attached hydrogens (tertiary/aromatic N) is 1. The minimum absolute atomic E-state index is 0.391. The maximum Gasteiger partial charge on any atom is 0.104 e. The van der Waals surface area contributed by atoms with Gasteiger partial charge in [0, 0.05) is 23.7 Å². The van der Waals surface area contributed by atoms with Crippen molar-refractivity contribution in [3.05, 3.63) is 0 Å². The Morgan fingerprint density at radius 3 is 2.69 bits per heavy atom. The van der Waals surface area contributed by atoms with E-state index in [9.17, 15) is 0 Å². The van der Waals surface area contributed by atoms with Crippen molar-refractivity contribution in [2.24, 2.45) is 0 Å². The maximum absolute atomic E-state index is 9.10. The first-order chi connectivity index (χ1) is 7.59. The highest BCUT2D eigenvalue weighted by Gasteiger charge is 2.26. The summed E-state index contributed by atoms with van der Waals surface area (Å²) in [5, 5.41) is 13.4. The van der Waals surface area contributed by atoms with Crippen molar-refractivity contribution in [2.75, 3.05) is 20.3 Å². The molecule has 0 aromatic carbocycles. The van der Waals surface area contributed by atoms with Gasteiger partial charge < -0.3 is 10.1 Å². The lowest BCUT2D eigenvalue weighted by molar-refractivity contribution is 0.0999. The average molecular weight is 242 g/mol. The molecule has 1 fully saturated rings. The van der Waals surface area contributed by atoms with Crippen molar-refractivity contribution in [3.63, 3.8) is 0 Å². The van der Waals surface area contributed by atoms with Gasteiger partial charge in [-0.05, 0) is 33.2 Å². The van der Waals surface area contributed by atoms with Gasteiger partial charge in [0.05, 0.1) is 6.07 Å². The van der Waals surface area contributed by atoms with Crippen molar-refractivity contribution in [2.45, 2.75) is 49.1 Å². The summed E-state index contributed by atoms with van der Waals surface area (Å²) < 4.78 is 5.35. The van der Waals surface area contributed by atoms with Crippen LogP contribution in [0, 0.1) is 11.3 Å². The van der Waals surface area contributed by atoms with Crippen LogP contribution in [0.15, 0.2) is 0 Å². The highest BCUT2D eigenvalue weighted by atomic mass is 32.2. The van der Waals surface area contributed by atoms with Crippen LogP contribution in [0.25, 0.3) is 0 Å².